The van der Waals surface area contributed by atoms with E-state index < -0.39 is 5.91 Å². The molecule has 1 atom stereocenters. The highest BCUT2D eigenvalue weighted by atomic mass is 16.2. The predicted octanol–water partition coefficient (Wildman–Crippen LogP) is 0.474. The van der Waals surface area contributed by atoms with Crippen LogP contribution in [0.25, 0.3) is 0 Å². The summed E-state index contributed by atoms with van der Waals surface area (Å²) in [5.74, 6) is -0.604. The Labute approximate surface area is 104 Å². The van der Waals surface area contributed by atoms with E-state index >= 15 is 0 Å². The molecule has 0 saturated heterocycles. The standard InChI is InChI=1S/C12H25N3O2/c1-5-15(8-10(14)16)11(17)6-9(13)7-12(2,3)4/h9H,5-8,13H2,1-4H3,(H2,14,16). The monoisotopic (exact) mass is 243 g/mol. The number of primary amides is 1. The minimum atomic E-state index is -0.496. The molecule has 4 N–H and O–H groups in total. The molecule has 0 aliphatic carbocycles. The first-order valence-electron chi connectivity index (χ1n) is 5.97. The van der Waals surface area contributed by atoms with Gasteiger partial charge in [-0.1, -0.05) is 20.8 Å². The number of likely N-dealkylation sites (N-methyl/N-ethyl adjacent to an activating group) is 1. The Hall–Kier alpha value is -1.10. The van der Waals surface area contributed by atoms with Crippen LogP contribution in [0.2, 0.25) is 0 Å². The molecule has 0 spiro atoms. The molecule has 5 heteroatoms. The van der Waals surface area contributed by atoms with Gasteiger partial charge >= 0.3 is 0 Å². The highest BCUT2D eigenvalue weighted by Gasteiger charge is 2.21. The Balaban J connectivity index is 4.26. The number of hydrogen-bond donors (Lipinski definition) is 2. The summed E-state index contributed by atoms with van der Waals surface area (Å²) < 4.78 is 0. The van der Waals surface area contributed by atoms with E-state index in [1.807, 2.05) is 6.92 Å². The lowest BCUT2D eigenvalue weighted by Crippen LogP contribution is -2.41. The fourth-order valence-electron chi connectivity index (χ4n) is 1.78. The fraction of sp³-hybridized carbons (Fsp3) is 0.833. The van der Waals surface area contributed by atoms with Crippen LogP contribution in [0.15, 0.2) is 0 Å². The minimum absolute atomic E-state index is 0.0302. The summed E-state index contributed by atoms with van der Waals surface area (Å²) in [6.45, 7) is 8.51. The maximum atomic E-state index is 11.8. The summed E-state index contributed by atoms with van der Waals surface area (Å²) >= 11 is 0. The fourth-order valence-corrected chi connectivity index (χ4v) is 1.78. The lowest BCUT2D eigenvalue weighted by Gasteiger charge is -2.25. The normalized spacial score (nSPS) is 13.2. The highest BCUT2D eigenvalue weighted by molar-refractivity contribution is 5.84. The lowest BCUT2D eigenvalue weighted by molar-refractivity contribution is -0.135. The highest BCUT2D eigenvalue weighted by Crippen LogP contribution is 2.21. The van der Waals surface area contributed by atoms with Crippen molar-refractivity contribution in [2.75, 3.05) is 13.1 Å². The Morgan fingerprint density at radius 1 is 1.29 bits per heavy atom. The number of carbonyl (C=O) groups excluding carboxylic acids is 2. The molecule has 0 bridgehead atoms. The molecule has 100 valence electrons. The summed E-state index contributed by atoms with van der Waals surface area (Å²) in [7, 11) is 0. The smallest absolute Gasteiger partial charge is 0.237 e. The molecule has 17 heavy (non-hydrogen) atoms. The number of nitrogens with two attached hydrogens (primary N) is 2. The maximum absolute atomic E-state index is 11.8. The van der Waals surface area contributed by atoms with Crippen molar-refractivity contribution in [3.05, 3.63) is 0 Å². The Kier molecular flexibility index (Phi) is 6.16. The van der Waals surface area contributed by atoms with Crippen molar-refractivity contribution in [3.63, 3.8) is 0 Å². The SMILES string of the molecule is CCN(CC(N)=O)C(=O)CC(N)CC(C)(C)C. The van der Waals surface area contributed by atoms with Crippen molar-refractivity contribution in [3.8, 4) is 0 Å². The molecule has 0 radical (unpaired) electrons. The first-order chi connectivity index (χ1) is 7.65. The summed E-state index contributed by atoms with van der Waals surface area (Å²) in [5.41, 5.74) is 11.1. The maximum Gasteiger partial charge on any atom is 0.237 e. The van der Waals surface area contributed by atoms with Gasteiger partial charge in [-0.05, 0) is 18.8 Å². The van der Waals surface area contributed by atoms with Gasteiger partial charge in [-0.25, -0.2) is 0 Å². The molecule has 0 aromatic carbocycles. The van der Waals surface area contributed by atoms with Gasteiger partial charge in [0.05, 0.1) is 6.54 Å². The van der Waals surface area contributed by atoms with Crippen LogP contribution in [0, 0.1) is 5.41 Å². The third-order valence-corrected chi connectivity index (χ3v) is 2.39. The zero-order valence-corrected chi connectivity index (χ0v) is 11.3. The van der Waals surface area contributed by atoms with Gasteiger partial charge in [-0.15, -0.1) is 0 Å². The molecule has 0 aromatic rings. The number of amides is 2. The molecule has 0 aliphatic rings. The quantitative estimate of drug-likeness (QED) is 0.710. The minimum Gasteiger partial charge on any atom is -0.368 e. The van der Waals surface area contributed by atoms with Crippen LogP contribution in [-0.4, -0.2) is 35.8 Å². The van der Waals surface area contributed by atoms with Gasteiger partial charge in [0, 0.05) is 19.0 Å². The summed E-state index contributed by atoms with van der Waals surface area (Å²) in [6, 6.07) is -0.176. The predicted molar refractivity (Wildman–Crippen MR) is 68.1 cm³/mol. The van der Waals surface area contributed by atoms with Crippen molar-refractivity contribution in [2.24, 2.45) is 16.9 Å². The van der Waals surface area contributed by atoms with Gasteiger partial charge in [-0.2, -0.15) is 0 Å². The van der Waals surface area contributed by atoms with Gasteiger partial charge < -0.3 is 16.4 Å². The van der Waals surface area contributed by atoms with Gasteiger partial charge in [0.2, 0.25) is 11.8 Å². The molecule has 0 saturated carbocycles. The van der Waals surface area contributed by atoms with Crippen LogP contribution >= 0.6 is 0 Å². The zero-order valence-electron chi connectivity index (χ0n) is 11.3. The summed E-state index contributed by atoms with van der Waals surface area (Å²) in [5, 5.41) is 0. The Morgan fingerprint density at radius 2 is 1.82 bits per heavy atom. The zero-order chi connectivity index (χ0) is 13.6. The van der Waals surface area contributed by atoms with Crippen LogP contribution in [0.5, 0.6) is 0 Å². The largest absolute Gasteiger partial charge is 0.368 e. The van der Waals surface area contributed by atoms with E-state index in [2.05, 4.69) is 20.8 Å². The van der Waals surface area contributed by atoms with Crippen molar-refractivity contribution in [2.45, 2.75) is 46.6 Å². The molecule has 0 fully saturated rings. The van der Waals surface area contributed by atoms with Crippen LogP contribution in [-0.2, 0) is 9.59 Å². The average molecular weight is 243 g/mol. The molecule has 5 nitrogen and oxygen atoms in total. The van der Waals surface area contributed by atoms with Crippen LogP contribution < -0.4 is 11.5 Å². The van der Waals surface area contributed by atoms with Gasteiger partial charge in [0.15, 0.2) is 0 Å². The third-order valence-electron chi connectivity index (χ3n) is 2.39. The second-order valence-electron chi connectivity index (χ2n) is 5.60. The number of hydrogen-bond acceptors (Lipinski definition) is 3. The molecular formula is C12H25N3O2. The van der Waals surface area contributed by atoms with Gasteiger partial charge in [-0.3, -0.25) is 9.59 Å². The van der Waals surface area contributed by atoms with E-state index in [1.165, 1.54) is 4.90 Å². The third kappa shape index (κ3) is 7.74. The van der Waals surface area contributed by atoms with Gasteiger partial charge in [0.25, 0.3) is 0 Å². The van der Waals surface area contributed by atoms with Crippen LogP contribution in [0.3, 0.4) is 0 Å². The second kappa shape index (κ2) is 6.59. The topological polar surface area (TPSA) is 89.4 Å². The first-order valence-corrected chi connectivity index (χ1v) is 5.97. The Bertz CT molecular complexity index is 271. The molecule has 0 aliphatic heterocycles. The molecule has 0 heterocycles. The second-order valence-corrected chi connectivity index (χ2v) is 5.60. The lowest BCUT2D eigenvalue weighted by atomic mass is 9.87. The van der Waals surface area contributed by atoms with E-state index in [1.54, 1.807) is 0 Å². The van der Waals surface area contributed by atoms with E-state index in [4.69, 9.17) is 11.5 Å². The Morgan fingerprint density at radius 3 is 2.18 bits per heavy atom. The van der Waals surface area contributed by atoms with E-state index in [0.29, 0.717) is 6.54 Å². The number of carbonyl (C=O) groups is 2. The average Bonchev–Trinajstić information content (AvgIpc) is 2.10. The van der Waals surface area contributed by atoms with Crippen molar-refractivity contribution >= 4 is 11.8 Å². The number of nitrogens with zero attached hydrogens (tertiary/aromatic N) is 1. The summed E-state index contributed by atoms with van der Waals surface area (Å²) in [4.78, 5) is 24.1. The summed E-state index contributed by atoms with van der Waals surface area (Å²) in [6.07, 6.45) is 1.03. The number of rotatable bonds is 6. The molecule has 0 aromatic heterocycles. The molecule has 1 unspecified atom stereocenters. The van der Waals surface area contributed by atoms with Crippen molar-refractivity contribution in [1.82, 2.24) is 4.90 Å². The van der Waals surface area contributed by atoms with Crippen molar-refractivity contribution in [1.29, 1.82) is 0 Å². The first kappa shape index (κ1) is 15.9. The van der Waals surface area contributed by atoms with E-state index in [9.17, 15) is 9.59 Å². The molecular weight excluding hydrogens is 218 g/mol. The van der Waals surface area contributed by atoms with Gasteiger partial charge in [0.1, 0.15) is 0 Å². The molecule has 2 amide bonds. The van der Waals surface area contributed by atoms with E-state index in [0.717, 1.165) is 6.42 Å². The molecule has 0 rings (SSSR count). The van der Waals surface area contributed by atoms with E-state index in [-0.39, 0.29) is 30.3 Å². The van der Waals surface area contributed by atoms with Crippen molar-refractivity contribution < 1.29 is 9.59 Å². The van der Waals surface area contributed by atoms with Crippen LogP contribution in [0.4, 0.5) is 0 Å². The van der Waals surface area contributed by atoms with Crippen LogP contribution in [0.1, 0.15) is 40.5 Å².